The van der Waals surface area contributed by atoms with Gasteiger partial charge in [0.25, 0.3) is 5.91 Å². The zero-order valence-electron chi connectivity index (χ0n) is 17.1. The van der Waals surface area contributed by atoms with E-state index in [0.717, 1.165) is 29.7 Å². The molecule has 1 saturated carbocycles. The average Bonchev–Trinajstić information content (AvgIpc) is 3.39. The Labute approximate surface area is 176 Å². The zero-order chi connectivity index (χ0) is 20.7. The van der Waals surface area contributed by atoms with Crippen molar-refractivity contribution >= 4 is 5.91 Å². The predicted octanol–water partition coefficient (Wildman–Crippen LogP) is 2.92. The van der Waals surface area contributed by atoms with E-state index in [0.29, 0.717) is 49.5 Å². The molecule has 3 aliphatic rings. The highest BCUT2D eigenvalue weighted by molar-refractivity contribution is 5.95. The van der Waals surface area contributed by atoms with Gasteiger partial charge in [-0.25, -0.2) is 0 Å². The van der Waals surface area contributed by atoms with E-state index < -0.39 is 6.10 Å². The van der Waals surface area contributed by atoms with Crippen molar-refractivity contribution in [3.05, 3.63) is 53.6 Å². The summed E-state index contributed by atoms with van der Waals surface area (Å²) < 4.78 is 17.1. The van der Waals surface area contributed by atoms with Gasteiger partial charge in [-0.2, -0.15) is 0 Å². The van der Waals surface area contributed by atoms with Crippen LogP contribution in [0, 0.1) is 11.8 Å². The number of likely N-dealkylation sites (tertiary alicyclic amines) is 1. The molecular formula is C24H27NO5. The molecule has 0 radical (unpaired) electrons. The van der Waals surface area contributed by atoms with Gasteiger partial charge in [-0.3, -0.25) is 4.79 Å². The van der Waals surface area contributed by atoms with Gasteiger partial charge in [-0.1, -0.05) is 12.1 Å². The second-order valence-corrected chi connectivity index (χ2v) is 8.50. The maximum absolute atomic E-state index is 13.1. The lowest BCUT2D eigenvalue weighted by Crippen LogP contribution is -2.42. The van der Waals surface area contributed by atoms with Gasteiger partial charge in [0.2, 0.25) is 0 Å². The van der Waals surface area contributed by atoms with Crippen molar-refractivity contribution in [2.75, 3.05) is 26.8 Å². The Morgan fingerprint density at radius 2 is 1.87 bits per heavy atom. The molecule has 1 saturated heterocycles. The Balaban J connectivity index is 1.27. The van der Waals surface area contributed by atoms with Crippen LogP contribution in [-0.2, 0) is 6.42 Å². The fourth-order valence-electron chi connectivity index (χ4n) is 5.06. The molecule has 30 heavy (non-hydrogen) atoms. The van der Waals surface area contributed by atoms with Crippen molar-refractivity contribution in [1.29, 1.82) is 0 Å². The lowest BCUT2D eigenvalue weighted by molar-refractivity contribution is -0.0240. The Morgan fingerprint density at radius 3 is 2.67 bits per heavy atom. The van der Waals surface area contributed by atoms with Crippen LogP contribution in [-0.4, -0.2) is 54.9 Å². The third kappa shape index (κ3) is 3.49. The number of rotatable bonds is 4. The number of hydrogen-bond donors (Lipinski definition) is 1. The number of nitrogens with zero attached hydrogens (tertiary/aromatic N) is 1. The first kappa shape index (κ1) is 19.2. The molecule has 2 aliphatic heterocycles. The SMILES string of the molecule is COc1ccccc1O[C@@H]1C[C@@H]2CN(C(=O)c3ccc4c(c3)CCO4)C[C@@H]2C[C@H]1O. The number of hydrogen-bond acceptors (Lipinski definition) is 5. The standard InChI is InChI=1S/C24H27NO5/c1-28-21-4-2-3-5-22(21)30-23-12-18-14-25(13-17(18)11-19(23)26)24(27)16-6-7-20-15(10-16)8-9-29-20/h2-7,10,17-19,23,26H,8-9,11-14H2,1H3/t17-,18+,19+,23+/m0/s1. The quantitative estimate of drug-likeness (QED) is 0.841. The van der Waals surface area contributed by atoms with E-state index in [1.165, 1.54) is 0 Å². The minimum Gasteiger partial charge on any atom is -0.493 e. The largest absolute Gasteiger partial charge is 0.493 e. The summed E-state index contributed by atoms with van der Waals surface area (Å²) in [4.78, 5) is 15.0. The first-order chi connectivity index (χ1) is 14.6. The Morgan fingerprint density at radius 1 is 1.10 bits per heavy atom. The predicted molar refractivity (Wildman–Crippen MR) is 111 cm³/mol. The van der Waals surface area contributed by atoms with Gasteiger partial charge in [0.1, 0.15) is 11.9 Å². The van der Waals surface area contributed by atoms with E-state index in [4.69, 9.17) is 14.2 Å². The molecule has 1 amide bonds. The molecule has 5 rings (SSSR count). The molecule has 2 heterocycles. The maximum Gasteiger partial charge on any atom is 0.253 e. The molecule has 2 fully saturated rings. The number of aliphatic hydroxyl groups excluding tert-OH is 1. The molecule has 2 aromatic rings. The molecule has 0 unspecified atom stereocenters. The summed E-state index contributed by atoms with van der Waals surface area (Å²) in [5.41, 5.74) is 1.83. The van der Waals surface area contributed by atoms with E-state index in [1.54, 1.807) is 7.11 Å². The van der Waals surface area contributed by atoms with Crippen molar-refractivity contribution in [2.45, 2.75) is 31.5 Å². The van der Waals surface area contributed by atoms with Gasteiger partial charge in [-0.15, -0.1) is 0 Å². The summed E-state index contributed by atoms with van der Waals surface area (Å²) in [6, 6.07) is 13.2. The molecule has 158 valence electrons. The summed E-state index contributed by atoms with van der Waals surface area (Å²) in [7, 11) is 1.61. The van der Waals surface area contributed by atoms with Gasteiger partial charge in [0.15, 0.2) is 11.5 Å². The van der Waals surface area contributed by atoms with Crippen LogP contribution in [0.2, 0.25) is 0 Å². The van der Waals surface area contributed by atoms with Crippen LogP contribution in [0.25, 0.3) is 0 Å². The molecule has 0 spiro atoms. The van der Waals surface area contributed by atoms with Gasteiger partial charge < -0.3 is 24.2 Å². The van der Waals surface area contributed by atoms with Crippen LogP contribution in [0.4, 0.5) is 0 Å². The van der Waals surface area contributed by atoms with Crippen molar-refractivity contribution in [2.24, 2.45) is 11.8 Å². The van der Waals surface area contributed by atoms with Crippen molar-refractivity contribution in [3.8, 4) is 17.2 Å². The molecule has 6 heteroatoms. The summed E-state index contributed by atoms with van der Waals surface area (Å²) in [6.07, 6.45) is 1.38. The van der Waals surface area contributed by atoms with E-state index in [2.05, 4.69) is 0 Å². The van der Waals surface area contributed by atoms with E-state index >= 15 is 0 Å². The highest BCUT2D eigenvalue weighted by Gasteiger charge is 2.44. The van der Waals surface area contributed by atoms with Crippen LogP contribution >= 0.6 is 0 Å². The molecular weight excluding hydrogens is 382 g/mol. The number of ether oxygens (including phenoxy) is 3. The smallest absolute Gasteiger partial charge is 0.253 e. The number of amides is 1. The number of fused-ring (bicyclic) bond motifs is 2. The van der Waals surface area contributed by atoms with Gasteiger partial charge in [0, 0.05) is 25.1 Å². The van der Waals surface area contributed by atoms with Crippen molar-refractivity contribution < 1.29 is 24.1 Å². The number of para-hydroxylation sites is 2. The van der Waals surface area contributed by atoms with Crippen LogP contribution in [0.1, 0.15) is 28.8 Å². The van der Waals surface area contributed by atoms with E-state index in [-0.39, 0.29) is 12.0 Å². The van der Waals surface area contributed by atoms with Gasteiger partial charge in [-0.05, 0) is 60.6 Å². The molecule has 0 bridgehead atoms. The van der Waals surface area contributed by atoms with Crippen molar-refractivity contribution in [1.82, 2.24) is 4.90 Å². The Hall–Kier alpha value is -2.73. The molecule has 0 aromatic heterocycles. The number of carbonyl (C=O) groups is 1. The number of carbonyl (C=O) groups excluding carboxylic acids is 1. The molecule has 1 N–H and O–H groups in total. The number of benzene rings is 2. The highest BCUT2D eigenvalue weighted by Crippen LogP contribution is 2.40. The molecule has 4 atom stereocenters. The fraction of sp³-hybridized carbons (Fsp3) is 0.458. The Bertz CT molecular complexity index is 945. The second kappa shape index (κ2) is 7.84. The van der Waals surface area contributed by atoms with Crippen LogP contribution in [0.3, 0.4) is 0 Å². The zero-order valence-corrected chi connectivity index (χ0v) is 17.1. The summed E-state index contributed by atoms with van der Waals surface area (Å²) >= 11 is 0. The van der Waals surface area contributed by atoms with E-state index in [1.807, 2.05) is 47.4 Å². The number of aliphatic hydroxyl groups is 1. The first-order valence-corrected chi connectivity index (χ1v) is 10.6. The van der Waals surface area contributed by atoms with Crippen LogP contribution in [0.15, 0.2) is 42.5 Å². The van der Waals surface area contributed by atoms with Gasteiger partial charge >= 0.3 is 0 Å². The van der Waals surface area contributed by atoms with Gasteiger partial charge in [0.05, 0.1) is 19.8 Å². The molecule has 2 aromatic carbocycles. The highest BCUT2D eigenvalue weighted by atomic mass is 16.5. The summed E-state index contributed by atoms with van der Waals surface area (Å²) in [6.45, 7) is 2.08. The third-order valence-corrected chi connectivity index (χ3v) is 6.66. The molecule has 6 nitrogen and oxygen atoms in total. The van der Waals surface area contributed by atoms with E-state index in [9.17, 15) is 9.90 Å². The normalized spacial score (nSPS) is 27.2. The average molecular weight is 409 g/mol. The second-order valence-electron chi connectivity index (χ2n) is 8.50. The third-order valence-electron chi connectivity index (χ3n) is 6.66. The summed E-state index contributed by atoms with van der Waals surface area (Å²) in [5.74, 6) is 2.90. The lowest BCUT2D eigenvalue weighted by Gasteiger charge is -2.35. The minimum atomic E-state index is -0.552. The minimum absolute atomic E-state index is 0.0655. The van der Waals surface area contributed by atoms with Crippen molar-refractivity contribution in [3.63, 3.8) is 0 Å². The fourth-order valence-corrected chi connectivity index (χ4v) is 5.06. The topological polar surface area (TPSA) is 68.2 Å². The monoisotopic (exact) mass is 409 g/mol. The van der Waals surface area contributed by atoms with Crippen LogP contribution < -0.4 is 14.2 Å². The maximum atomic E-state index is 13.1. The number of methoxy groups -OCH3 is 1. The van der Waals surface area contributed by atoms with Crippen LogP contribution in [0.5, 0.6) is 17.2 Å². The summed E-state index contributed by atoms with van der Waals surface area (Å²) in [5, 5.41) is 10.7. The molecule has 1 aliphatic carbocycles. The first-order valence-electron chi connectivity index (χ1n) is 10.6. The lowest BCUT2D eigenvalue weighted by atomic mass is 9.78. The Kier molecular flexibility index (Phi) is 5.03.